The van der Waals surface area contributed by atoms with E-state index in [4.69, 9.17) is 0 Å². The van der Waals surface area contributed by atoms with Crippen molar-refractivity contribution in [2.75, 3.05) is 4.90 Å². The van der Waals surface area contributed by atoms with Gasteiger partial charge < -0.3 is 4.90 Å². The molecule has 10 aromatic rings. The lowest BCUT2D eigenvalue weighted by atomic mass is 9.87. The van der Waals surface area contributed by atoms with Crippen molar-refractivity contribution in [1.82, 2.24) is 0 Å². The molecule has 1 heterocycles. The molecule has 1 nitrogen and oxygen atoms in total. The van der Waals surface area contributed by atoms with Gasteiger partial charge in [-0.25, -0.2) is 0 Å². The number of thiophene rings is 1. The van der Waals surface area contributed by atoms with Crippen LogP contribution in [-0.4, -0.2) is 0 Å². The molecule has 0 saturated carbocycles. The molecule has 10 rings (SSSR count). The van der Waals surface area contributed by atoms with E-state index >= 15 is 0 Å². The molecule has 0 aliphatic heterocycles. The van der Waals surface area contributed by atoms with Crippen LogP contribution in [0.2, 0.25) is 0 Å². The van der Waals surface area contributed by atoms with Crippen molar-refractivity contribution in [3.8, 4) is 44.5 Å². The van der Waals surface area contributed by atoms with Crippen molar-refractivity contribution in [3.63, 3.8) is 0 Å². The maximum Gasteiger partial charge on any atom is 0.0546 e. The van der Waals surface area contributed by atoms with Gasteiger partial charge in [0.05, 0.1) is 5.69 Å². The molecule has 1 aromatic heterocycles. The maximum absolute atomic E-state index is 2.45. The molecule has 0 aliphatic rings. The normalized spacial score (nSPS) is 11.4. The minimum absolute atomic E-state index is 1.10. The van der Waals surface area contributed by atoms with Gasteiger partial charge in [0.15, 0.2) is 0 Å². The number of hydrogen-bond acceptors (Lipinski definition) is 2. The van der Waals surface area contributed by atoms with E-state index in [0.717, 1.165) is 17.1 Å². The van der Waals surface area contributed by atoms with Gasteiger partial charge in [-0.15, -0.1) is 11.3 Å². The van der Waals surface area contributed by atoms with Crippen LogP contribution in [0.3, 0.4) is 0 Å². The molecule has 9 aromatic carbocycles. The van der Waals surface area contributed by atoms with Gasteiger partial charge in [-0.1, -0.05) is 170 Å². The Balaban J connectivity index is 1.20. The zero-order valence-corrected chi connectivity index (χ0v) is 31.3. The van der Waals surface area contributed by atoms with Crippen LogP contribution in [0.4, 0.5) is 17.1 Å². The van der Waals surface area contributed by atoms with Crippen LogP contribution >= 0.6 is 11.3 Å². The van der Waals surface area contributed by atoms with Gasteiger partial charge in [0.25, 0.3) is 0 Å². The van der Waals surface area contributed by atoms with E-state index in [0.29, 0.717) is 0 Å². The molecule has 2 heteroatoms. The Bertz CT molecular complexity index is 2910. The molecule has 0 bridgehead atoms. The summed E-state index contributed by atoms with van der Waals surface area (Å²) in [4.78, 5) is 2.45. The number of benzene rings is 9. The molecular formula is C53H37NS. The first-order chi connectivity index (χ1) is 27.2. The first-order valence-corrected chi connectivity index (χ1v) is 19.7. The predicted octanol–water partition coefficient (Wildman–Crippen LogP) is 15.7. The predicted molar refractivity (Wildman–Crippen MR) is 238 cm³/mol. The van der Waals surface area contributed by atoms with E-state index in [1.807, 2.05) is 11.3 Å². The third-order valence-electron chi connectivity index (χ3n) is 10.8. The Morgan fingerprint density at radius 1 is 0.382 bits per heavy atom. The number of rotatable bonds is 7. The van der Waals surface area contributed by atoms with E-state index in [2.05, 4.69) is 218 Å². The average molecular weight is 720 g/mol. The second kappa shape index (κ2) is 13.9. The Labute approximate surface area is 326 Å². The molecule has 0 radical (unpaired) electrons. The van der Waals surface area contributed by atoms with Crippen LogP contribution in [0, 0.1) is 6.92 Å². The molecule has 0 fully saturated rings. The molecule has 0 atom stereocenters. The summed E-state index contributed by atoms with van der Waals surface area (Å²) in [5.41, 5.74) is 14.4. The SMILES string of the molecule is Cc1cccc2sc3cc(N(c4ccc(-c5c(-c6ccccc6)cccc5-c5ccccc5)cc4)c4ccc5ccccc5c4-c4ccccc4)ccc3c12. The van der Waals surface area contributed by atoms with Gasteiger partial charge in [-0.05, 0) is 98.6 Å². The first-order valence-electron chi connectivity index (χ1n) is 18.8. The zero-order valence-electron chi connectivity index (χ0n) is 30.5. The lowest BCUT2D eigenvalue weighted by Gasteiger charge is -2.29. The fourth-order valence-corrected chi connectivity index (χ4v) is 9.49. The molecule has 0 N–H and O–H groups in total. The highest BCUT2D eigenvalue weighted by Gasteiger charge is 2.22. The van der Waals surface area contributed by atoms with E-state index in [1.165, 1.54) is 81.0 Å². The first kappa shape index (κ1) is 32.9. The summed E-state index contributed by atoms with van der Waals surface area (Å²) in [5.74, 6) is 0. The van der Waals surface area contributed by atoms with Gasteiger partial charge in [0, 0.05) is 37.1 Å². The zero-order chi connectivity index (χ0) is 36.7. The lowest BCUT2D eigenvalue weighted by Crippen LogP contribution is -2.11. The quantitative estimate of drug-likeness (QED) is 0.159. The van der Waals surface area contributed by atoms with Gasteiger partial charge >= 0.3 is 0 Å². The molecule has 0 spiro atoms. The average Bonchev–Trinajstić information content (AvgIpc) is 3.64. The summed E-state index contributed by atoms with van der Waals surface area (Å²) in [6, 6.07) is 75.2. The smallest absolute Gasteiger partial charge is 0.0546 e. The fourth-order valence-electron chi connectivity index (χ4n) is 8.27. The second-order valence-electron chi connectivity index (χ2n) is 14.1. The van der Waals surface area contributed by atoms with Crippen molar-refractivity contribution in [3.05, 3.63) is 212 Å². The largest absolute Gasteiger partial charge is 0.310 e. The third kappa shape index (κ3) is 5.88. The summed E-state index contributed by atoms with van der Waals surface area (Å²) in [7, 11) is 0. The molecule has 55 heavy (non-hydrogen) atoms. The highest BCUT2D eigenvalue weighted by molar-refractivity contribution is 7.25. The molecule has 260 valence electrons. The highest BCUT2D eigenvalue weighted by Crippen LogP contribution is 2.47. The third-order valence-corrected chi connectivity index (χ3v) is 11.9. The summed E-state index contributed by atoms with van der Waals surface area (Å²) >= 11 is 1.87. The molecule has 0 saturated heterocycles. The van der Waals surface area contributed by atoms with Crippen LogP contribution in [0.15, 0.2) is 206 Å². The second-order valence-corrected chi connectivity index (χ2v) is 15.2. The van der Waals surface area contributed by atoms with Crippen molar-refractivity contribution >= 4 is 59.3 Å². The van der Waals surface area contributed by atoms with E-state index in [9.17, 15) is 0 Å². The minimum Gasteiger partial charge on any atom is -0.310 e. The topological polar surface area (TPSA) is 3.24 Å². The Morgan fingerprint density at radius 2 is 0.964 bits per heavy atom. The number of aryl methyl sites for hydroxylation is 1. The molecular weight excluding hydrogens is 683 g/mol. The van der Waals surface area contributed by atoms with Gasteiger partial charge in [0.1, 0.15) is 0 Å². The number of nitrogens with zero attached hydrogens (tertiary/aromatic N) is 1. The fraction of sp³-hybridized carbons (Fsp3) is 0.0189. The summed E-state index contributed by atoms with van der Waals surface area (Å²) in [5, 5.41) is 5.12. The number of hydrogen-bond donors (Lipinski definition) is 0. The number of fused-ring (bicyclic) bond motifs is 4. The Morgan fingerprint density at radius 3 is 1.65 bits per heavy atom. The summed E-state index contributed by atoms with van der Waals surface area (Å²) in [6.07, 6.45) is 0. The Hall–Kier alpha value is -6.74. The van der Waals surface area contributed by atoms with Crippen LogP contribution < -0.4 is 4.90 Å². The van der Waals surface area contributed by atoms with Crippen molar-refractivity contribution < 1.29 is 0 Å². The van der Waals surface area contributed by atoms with Crippen molar-refractivity contribution in [2.45, 2.75) is 6.92 Å². The maximum atomic E-state index is 2.45. The molecule has 0 amide bonds. The van der Waals surface area contributed by atoms with E-state index in [1.54, 1.807) is 0 Å². The Kier molecular flexibility index (Phi) is 8.32. The molecule has 0 unspecified atom stereocenters. The number of anilines is 3. The van der Waals surface area contributed by atoms with Crippen molar-refractivity contribution in [1.29, 1.82) is 0 Å². The summed E-state index contributed by atoms with van der Waals surface area (Å²) in [6.45, 7) is 2.22. The van der Waals surface area contributed by atoms with E-state index < -0.39 is 0 Å². The monoisotopic (exact) mass is 719 g/mol. The lowest BCUT2D eigenvalue weighted by molar-refractivity contribution is 1.30. The van der Waals surface area contributed by atoms with Crippen LogP contribution in [0.25, 0.3) is 75.5 Å². The standard InChI is InChI=1S/C53H37NS/c1-36-15-13-26-49-51(36)47-33-32-43(35-50(47)55-49)54(48-34-29-39-20-11-12-23-46(39)53(48)40-21-9-4-10-22-40)42-30-27-41(28-31-42)52-44(37-16-5-2-6-17-37)24-14-25-45(52)38-18-7-3-8-19-38/h2-35H,1H3. The highest BCUT2D eigenvalue weighted by atomic mass is 32.1. The minimum atomic E-state index is 1.10. The molecule has 0 aliphatic carbocycles. The van der Waals surface area contributed by atoms with Crippen LogP contribution in [0.5, 0.6) is 0 Å². The van der Waals surface area contributed by atoms with E-state index in [-0.39, 0.29) is 0 Å². The van der Waals surface area contributed by atoms with Crippen molar-refractivity contribution in [2.24, 2.45) is 0 Å². The van der Waals surface area contributed by atoms with Gasteiger partial charge in [-0.3, -0.25) is 0 Å². The van der Waals surface area contributed by atoms with Crippen LogP contribution in [0.1, 0.15) is 5.56 Å². The van der Waals surface area contributed by atoms with Crippen LogP contribution in [-0.2, 0) is 0 Å². The van der Waals surface area contributed by atoms with Gasteiger partial charge in [-0.2, -0.15) is 0 Å². The summed E-state index contributed by atoms with van der Waals surface area (Å²) < 4.78 is 2.61. The van der Waals surface area contributed by atoms with Gasteiger partial charge in [0.2, 0.25) is 0 Å².